The number of carboxylic acids is 1. The summed E-state index contributed by atoms with van der Waals surface area (Å²) < 4.78 is 0. The molecule has 0 radical (unpaired) electrons. The number of nitrogens with zero attached hydrogens (tertiary/aromatic N) is 3. The number of carbonyl (C=O) groups is 2. The molecule has 1 amide bonds. The minimum absolute atomic E-state index is 0.267. The predicted octanol–water partition coefficient (Wildman–Crippen LogP) is 1.85. The van der Waals surface area contributed by atoms with Gasteiger partial charge in [-0.3, -0.25) is 14.8 Å². The number of hydrogen-bond acceptors (Lipinski definition) is 4. The molecule has 0 aliphatic heterocycles. The molecule has 0 saturated heterocycles. The topological polar surface area (TPSA) is 83.4 Å². The van der Waals surface area contributed by atoms with E-state index < -0.39 is 5.97 Å². The molecule has 2 aromatic rings. The molecule has 2 rings (SSSR count). The van der Waals surface area contributed by atoms with Crippen LogP contribution in [0.4, 0.5) is 5.69 Å². The van der Waals surface area contributed by atoms with Crippen LogP contribution >= 0.6 is 0 Å². The van der Waals surface area contributed by atoms with Crippen molar-refractivity contribution >= 4 is 23.6 Å². The summed E-state index contributed by atoms with van der Waals surface area (Å²) in [6.07, 6.45) is 7.09. The zero-order chi connectivity index (χ0) is 15.2. The van der Waals surface area contributed by atoms with Gasteiger partial charge >= 0.3 is 5.97 Å². The molecule has 0 bridgehead atoms. The van der Waals surface area contributed by atoms with Gasteiger partial charge in [-0.2, -0.15) is 0 Å². The first-order chi connectivity index (χ1) is 10.1. The van der Waals surface area contributed by atoms with Crippen LogP contribution in [0.15, 0.2) is 48.9 Å². The molecule has 0 aliphatic carbocycles. The Morgan fingerprint density at radius 3 is 2.62 bits per heavy atom. The Labute approximate surface area is 121 Å². The Morgan fingerprint density at radius 1 is 1.24 bits per heavy atom. The van der Waals surface area contributed by atoms with E-state index in [0.29, 0.717) is 11.3 Å². The Balaban J connectivity index is 2.15. The van der Waals surface area contributed by atoms with E-state index in [2.05, 4.69) is 9.97 Å². The van der Waals surface area contributed by atoms with Gasteiger partial charge in [0.25, 0.3) is 5.91 Å². The molecule has 6 nitrogen and oxygen atoms in total. The number of carboxylic acid groups (broad SMARTS) is 1. The third-order valence-electron chi connectivity index (χ3n) is 2.76. The molecule has 0 saturated carbocycles. The largest absolute Gasteiger partial charge is 0.478 e. The second kappa shape index (κ2) is 6.42. The van der Waals surface area contributed by atoms with Gasteiger partial charge in [-0.05, 0) is 29.8 Å². The summed E-state index contributed by atoms with van der Waals surface area (Å²) in [5, 5.41) is 8.54. The first-order valence-electron chi connectivity index (χ1n) is 6.13. The van der Waals surface area contributed by atoms with E-state index in [-0.39, 0.29) is 11.6 Å². The van der Waals surface area contributed by atoms with Gasteiger partial charge in [-0.1, -0.05) is 6.07 Å². The number of amides is 1. The van der Waals surface area contributed by atoms with Gasteiger partial charge in [-0.25, -0.2) is 4.79 Å². The summed E-state index contributed by atoms with van der Waals surface area (Å²) in [6, 6.07) is 6.70. The van der Waals surface area contributed by atoms with Crippen molar-refractivity contribution in [3.8, 4) is 0 Å². The number of rotatable bonds is 4. The maximum Gasteiger partial charge on any atom is 0.328 e. The molecular weight excluding hydrogens is 270 g/mol. The van der Waals surface area contributed by atoms with Crippen LogP contribution in [-0.2, 0) is 4.79 Å². The highest BCUT2D eigenvalue weighted by Crippen LogP contribution is 2.13. The molecule has 2 aromatic heterocycles. The monoisotopic (exact) mass is 283 g/mol. The van der Waals surface area contributed by atoms with Gasteiger partial charge < -0.3 is 10.0 Å². The number of carbonyl (C=O) groups excluding carboxylic acids is 1. The summed E-state index contributed by atoms with van der Waals surface area (Å²) >= 11 is 0. The van der Waals surface area contributed by atoms with Crippen molar-refractivity contribution < 1.29 is 14.7 Å². The van der Waals surface area contributed by atoms with E-state index in [9.17, 15) is 9.59 Å². The zero-order valence-electron chi connectivity index (χ0n) is 11.3. The minimum Gasteiger partial charge on any atom is -0.478 e. The standard InChI is InChI=1S/C15H13N3O3/c1-18(12-3-2-8-16-10-12)15(21)13-6-4-11(9-17-13)5-7-14(19)20/h2-10H,1H3,(H,19,20). The molecule has 21 heavy (non-hydrogen) atoms. The van der Waals surface area contributed by atoms with E-state index in [1.54, 1.807) is 43.7 Å². The number of aromatic nitrogens is 2. The van der Waals surface area contributed by atoms with Crippen molar-refractivity contribution in [2.24, 2.45) is 0 Å². The van der Waals surface area contributed by atoms with Gasteiger partial charge in [0, 0.05) is 25.5 Å². The fourth-order valence-electron chi connectivity index (χ4n) is 1.64. The van der Waals surface area contributed by atoms with Crippen LogP contribution in [0.5, 0.6) is 0 Å². The third-order valence-corrected chi connectivity index (χ3v) is 2.76. The van der Waals surface area contributed by atoms with Gasteiger partial charge in [-0.15, -0.1) is 0 Å². The van der Waals surface area contributed by atoms with Crippen molar-refractivity contribution in [2.75, 3.05) is 11.9 Å². The maximum absolute atomic E-state index is 12.2. The van der Waals surface area contributed by atoms with Crippen LogP contribution in [-0.4, -0.2) is 34.0 Å². The SMILES string of the molecule is CN(C(=O)c1ccc(C=CC(=O)O)cn1)c1cccnc1. The van der Waals surface area contributed by atoms with Crippen molar-refractivity contribution in [1.82, 2.24) is 9.97 Å². The van der Waals surface area contributed by atoms with Gasteiger partial charge in [0.2, 0.25) is 0 Å². The second-order valence-corrected chi connectivity index (χ2v) is 4.22. The lowest BCUT2D eigenvalue weighted by Crippen LogP contribution is -2.27. The smallest absolute Gasteiger partial charge is 0.328 e. The third kappa shape index (κ3) is 3.73. The zero-order valence-corrected chi connectivity index (χ0v) is 11.3. The minimum atomic E-state index is -1.04. The van der Waals surface area contributed by atoms with E-state index in [0.717, 1.165) is 6.08 Å². The lowest BCUT2D eigenvalue weighted by molar-refractivity contribution is -0.131. The number of aliphatic carboxylic acids is 1. The highest BCUT2D eigenvalue weighted by molar-refractivity contribution is 6.04. The van der Waals surface area contributed by atoms with Crippen LogP contribution < -0.4 is 4.90 Å². The van der Waals surface area contributed by atoms with Crippen LogP contribution in [0.2, 0.25) is 0 Å². The first kappa shape index (κ1) is 14.4. The van der Waals surface area contributed by atoms with Crippen molar-refractivity contribution in [3.63, 3.8) is 0 Å². The Hall–Kier alpha value is -3.02. The average Bonchev–Trinajstić information content (AvgIpc) is 2.53. The van der Waals surface area contributed by atoms with Crippen LogP contribution in [0.25, 0.3) is 6.08 Å². The van der Waals surface area contributed by atoms with E-state index in [1.165, 1.54) is 17.2 Å². The molecule has 0 unspecified atom stereocenters. The van der Waals surface area contributed by atoms with E-state index in [1.807, 2.05) is 0 Å². The molecule has 0 spiro atoms. The maximum atomic E-state index is 12.2. The van der Waals surface area contributed by atoms with Crippen LogP contribution in [0, 0.1) is 0 Å². The number of anilines is 1. The predicted molar refractivity (Wildman–Crippen MR) is 77.9 cm³/mol. The molecule has 0 aliphatic rings. The Kier molecular flexibility index (Phi) is 4.40. The molecule has 6 heteroatoms. The van der Waals surface area contributed by atoms with Gasteiger partial charge in [0.05, 0.1) is 11.9 Å². The van der Waals surface area contributed by atoms with E-state index in [4.69, 9.17) is 5.11 Å². The fraction of sp³-hybridized carbons (Fsp3) is 0.0667. The summed E-state index contributed by atoms with van der Waals surface area (Å²) in [5.74, 6) is -1.30. The molecule has 0 aromatic carbocycles. The van der Waals surface area contributed by atoms with Crippen molar-refractivity contribution in [1.29, 1.82) is 0 Å². The highest BCUT2D eigenvalue weighted by Gasteiger charge is 2.14. The normalized spacial score (nSPS) is 10.5. The quantitative estimate of drug-likeness (QED) is 0.866. The van der Waals surface area contributed by atoms with E-state index >= 15 is 0 Å². The molecule has 2 heterocycles. The molecule has 1 N–H and O–H groups in total. The molecule has 0 fully saturated rings. The van der Waals surface area contributed by atoms with Gasteiger partial charge in [0.1, 0.15) is 5.69 Å². The average molecular weight is 283 g/mol. The fourth-order valence-corrected chi connectivity index (χ4v) is 1.64. The summed E-state index contributed by atoms with van der Waals surface area (Å²) in [7, 11) is 1.64. The number of pyridine rings is 2. The molecule has 106 valence electrons. The summed E-state index contributed by atoms with van der Waals surface area (Å²) in [5.41, 5.74) is 1.55. The Bertz CT molecular complexity index is 666. The molecular formula is C15H13N3O3. The van der Waals surface area contributed by atoms with Crippen LogP contribution in [0.3, 0.4) is 0 Å². The highest BCUT2D eigenvalue weighted by atomic mass is 16.4. The molecule has 0 atom stereocenters. The van der Waals surface area contributed by atoms with Crippen molar-refractivity contribution in [3.05, 3.63) is 60.2 Å². The Morgan fingerprint density at radius 2 is 2.05 bits per heavy atom. The lowest BCUT2D eigenvalue weighted by Gasteiger charge is -2.16. The van der Waals surface area contributed by atoms with Gasteiger partial charge in [0.15, 0.2) is 0 Å². The lowest BCUT2D eigenvalue weighted by atomic mass is 10.2. The second-order valence-electron chi connectivity index (χ2n) is 4.22. The van der Waals surface area contributed by atoms with Crippen LogP contribution in [0.1, 0.15) is 16.1 Å². The first-order valence-corrected chi connectivity index (χ1v) is 6.13. The summed E-state index contributed by atoms with van der Waals surface area (Å²) in [6.45, 7) is 0. The van der Waals surface area contributed by atoms with Crippen molar-refractivity contribution in [2.45, 2.75) is 0 Å². The summed E-state index contributed by atoms with van der Waals surface area (Å²) in [4.78, 5) is 32.1. The number of hydrogen-bond donors (Lipinski definition) is 1.